The standard InChI is InChI=1S/C36H47NO6/c1-23-18-29(32(38)20-24-6-5-7-24)16-17-31(23)27-12-8-25(9-13-27)19-30(34(40)41)21-33(39)28-14-10-26(11-15-28)22-37-35(42)43-36(2,3)4/h8-9,12-13,16-18,24,26,28,30H,5-7,10-11,14-15,19-22H2,1-4H3,(H,37,42)(H,40,41)/t26?,28?,30-/m1/s1. The number of aliphatic carboxylic acids is 1. The molecule has 0 heterocycles. The number of alkyl carbamates (subject to hydrolysis) is 1. The number of carbonyl (C=O) groups excluding carboxylic acids is 3. The Morgan fingerprint density at radius 2 is 1.60 bits per heavy atom. The third-order valence-corrected chi connectivity index (χ3v) is 9.03. The van der Waals surface area contributed by atoms with Crippen LogP contribution in [-0.4, -0.2) is 40.9 Å². The summed E-state index contributed by atoms with van der Waals surface area (Å²) < 4.78 is 5.29. The highest BCUT2D eigenvalue weighted by atomic mass is 16.6. The maximum absolute atomic E-state index is 13.1. The van der Waals surface area contributed by atoms with Crippen LogP contribution in [-0.2, 0) is 20.7 Å². The van der Waals surface area contributed by atoms with E-state index in [9.17, 15) is 24.3 Å². The van der Waals surface area contributed by atoms with E-state index in [1.807, 2.05) is 70.2 Å². The minimum atomic E-state index is -0.953. The molecule has 7 heteroatoms. The SMILES string of the molecule is Cc1cc(C(=O)CC2CCC2)ccc1-c1ccc(C[C@H](CC(=O)C2CCC(CNC(=O)OC(C)(C)C)CC2)C(=O)O)cc1. The molecule has 0 radical (unpaired) electrons. The van der Waals surface area contributed by atoms with Crippen LogP contribution in [0.1, 0.15) is 100 Å². The van der Waals surface area contributed by atoms with Gasteiger partial charge in [0.1, 0.15) is 11.4 Å². The van der Waals surface area contributed by atoms with Crippen LogP contribution in [0, 0.1) is 30.6 Å². The second-order valence-electron chi connectivity index (χ2n) is 13.7. The molecule has 0 saturated heterocycles. The Morgan fingerprint density at radius 3 is 2.16 bits per heavy atom. The van der Waals surface area contributed by atoms with Gasteiger partial charge in [0.2, 0.25) is 0 Å². The summed E-state index contributed by atoms with van der Waals surface area (Å²) in [7, 11) is 0. The van der Waals surface area contributed by atoms with Gasteiger partial charge >= 0.3 is 12.1 Å². The quantitative estimate of drug-likeness (QED) is 0.247. The smallest absolute Gasteiger partial charge is 0.407 e. The summed E-state index contributed by atoms with van der Waals surface area (Å²) in [4.78, 5) is 49.8. The van der Waals surface area contributed by atoms with Gasteiger partial charge in [-0.25, -0.2) is 4.79 Å². The molecule has 1 amide bonds. The Labute approximate surface area is 255 Å². The van der Waals surface area contributed by atoms with Gasteiger partial charge in [-0.05, 0) is 100.0 Å². The van der Waals surface area contributed by atoms with Crippen LogP contribution < -0.4 is 5.32 Å². The Balaban J connectivity index is 1.27. The van der Waals surface area contributed by atoms with Gasteiger partial charge in [0.05, 0.1) is 5.92 Å². The van der Waals surface area contributed by atoms with Gasteiger partial charge in [0.25, 0.3) is 0 Å². The van der Waals surface area contributed by atoms with Crippen molar-refractivity contribution in [2.24, 2.45) is 23.7 Å². The molecule has 2 aliphatic rings. The van der Waals surface area contributed by atoms with Crippen LogP contribution >= 0.6 is 0 Å². The molecule has 0 aliphatic heterocycles. The molecule has 2 aliphatic carbocycles. The normalized spacial score (nSPS) is 19.6. The number of rotatable bonds is 12. The Bertz CT molecular complexity index is 1300. The molecule has 43 heavy (non-hydrogen) atoms. The average molecular weight is 590 g/mol. The molecular formula is C36H47NO6. The van der Waals surface area contributed by atoms with Gasteiger partial charge in [-0.15, -0.1) is 0 Å². The van der Waals surface area contributed by atoms with Crippen LogP contribution in [0.5, 0.6) is 0 Å². The molecule has 0 unspecified atom stereocenters. The first-order valence-corrected chi connectivity index (χ1v) is 15.8. The van der Waals surface area contributed by atoms with E-state index in [-0.39, 0.29) is 29.8 Å². The van der Waals surface area contributed by atoms with Crippen LogP contribution in [0.25, 0.3) is 11.1 Å². The van der Waals surface area contributed by atoms with E-state index < -0.39 is 23.6 Å². The first kappa shape index (κ1) is 32.4. The monoisotopic (exact) mass is 589 g/mol. The van der Waals surface area contributed by atoms with Gasteiger partial charge in [-0.2, -0.15) is 0 Å². The van der Waals surface area contributed by atoms with Crippen molar-refractivity contribution in [3.8, 4) is 11.1 Å². The van der Waals surface area contributed by atoms with Crippen molar-refractivity contribution in [1.29, 1.82) is 0 Å². The highest BCUT2D eigenvalue weighted by molar-refractivity contribution is 5.97. The lowest BCUT2D eigenvalue weighted by Gasteiger charge is -2.29. The lowest BCUT2D eigenvalue weighted by Crippen LogP contribution is -2.36. The zero-order chi connectivity index (χ0) is 31.1. The molecule has 1 atom stereocenters. The van der Waals surface area contributed by atoms with Crippen molar-refractivity contribution in [1.82, 2.24) is 5.32 Å². The van der Waals surface area contributed by atoms with E-state index in [0.29, 0.717) is 38.1 Å². The van der Waals surface area contributed by atoms with Crippen LogP contribution in [0.2, 0.25) is 0 Å². The second kappa shape index (κ2) is 14.3. The second-order valence-corrected chi connectivity index (χ2v) is 13.7. The van der Waals surface area contributed by atoms with Gasteiger partial charge < -0.3 is 15.2 Å². The van der Waals surface area contributed by atoms with Gasteiger partial charge in [-0.3, -0.25) is 14.4 Å². The molecule has 0 bridgehead atoms. The lowest BCUT2D eigenvalue weighted by molar-refractivity contribution is -0.144. The molecule has 2 aromatic carbocycles. The van der Waals surface area contributed by atoms with Crippen molar-refractivity contribution < 1.29 is 29.0 Å². The summed E-state index contributed by atoms with van der Waals surface area (Å²) in [5.41, 5.74) is 4.21. The molecule has 2 saturated carbocycles. The number of ketones is 2. The predicted molar refractivity (Wildman–Crippen MR) is 167 cm³/mol. The fourth-order valence-corrected chi connectivity index (χ4v) is 6.23. The summed E-state index contributed by atoms with van der Waals surface area (Å²) in [5, 5.41) is 12.7. The van der Waals surface area contributed by atoms with Crippen LogP contribution in [0.4, 0.5) is 4.79 Å². The number of hydrogen-bond donors (Lipinski definition) is 2. The number of Topliss-reactive ketones (excluding diaryl/α,β-unsaturated/α-hetero) is 2. The minimum Gasteiger partial charge on any atom is -0.481 e. The fourth-order valence-electron chi connectivity index (χ4n) is 6.23. The summed E-state index contributed by atoms with van der Waals surface area (Å²) in [5.74, 6) is -0.790. The summed E-state index contributed by atoms with van der Waals surface area (Å²) in [6, 6.07) is 13.7. The van der Waals surface area contributed by atoms with Crippen molar-refractivity contribution >= 4 is 23.6 Å². The van der Waals surface area contributed by atoms with Gasteiger partial charge in [0.15, 0.2) is 5.78 Å². The van der Waals surface area contributed by atoms with E-state index in [2.05, 4.69) is 5.32 Å². The first-order valence-electron chi connectivity index (χ1n) is 15.8. The third kappa shape index (κ3) is 9.50. The highest BCUT2D eigenvalue weighted by Crippen LogP contribution is 2.33. The molecule has 2 aromatic rings. The molecule has 0 spiro atoms. The third-order valence-electron chi connectivity index (χ3n) is 9.03. The number of carbonyl (C=O) groups is 4. The number of benzene rings is 2. The van der Waals surface area contributed by atoms with Gasteiger partial charge in [0, 0.05) is 30.9 Å². The molecule has 232 valence electrons. The summed E-state index contributed by atoms with van der Waals surface area (Å²) in [6.45, 7) is 8.01. The van der Waals surface area contributed by atoms with Crippen molar-refractivity contribution in [3.05, 3.63) is 59.2 Å². The fraction of sp³-hybridized carbons (Fsp3) is 0.556. The van der Waals surface area contributed by atoms with E-state index in [4.69, 9.17) is 4.74 Å². The van der Waals surface area contributed by atoms with Gasteiger partial charge in [-0.1, -0.05) is 55.7 Å². The topological polar surface area (TPSA) is 110 Å². The van der Waals surface area contributed by atoms with Crippen LogP contribution in [0.3, 0.4) is 0 Å². The van der Waals surface area contributed by atoms with E-state index in [0.717, 1.165) is 53.5 Å². The maximum atomic E-state index is 13.1. The zero-order valence-corrected chi connectivity index (χ0v) is 26.1. The average Bonchev–Trinajstić information content (AvgIpc) is 2.93. The number of aryl methyl sites for hydroxylation is 1. The molecule has 7 nitrogen and oxygen atoms in total. The van der Waals surface area contributed by atoms with Crippen LogP contribution in [0.15, 0.2) is 42.5 Å². The highest BCUT2D eigenvalue weighted by Gasteiger charge is 2.30. The lowest BCUT2D eigenvalue weighted by atomic mass is 9.77. The molecule has 0 aromatic heterocycles. The van der Waals surface area contributed by atoms with Crippen molar-refractivity contribution in [2.45, 2.75) is 97.5 Å². The summed E-state index contributed by atoms with van der Waals surface area (Å²) >= 11 is 0. The first-order chi connectivity index (χ1) is 20.4. The number of carboxylic acid groups (broad SMARTS) is 1. The molecule has 2 fully saturated rings. The minimum absolute atomic E-state index is 0.0186. The number of nitrogens with one attached hydrogen (secondary N) is 1. The van der Waals surface area contributed by atoms with Crippen molar-refractivity contribution in [3.63, 3.8) is 0 Å². The number of amides is 1. The number of ether oxygens (including phenoxy) is 1. The molecule has 4 rings (SSSR count). The molecular weight excluding hydrogens is 542 g/mol. The zero-order valence-electron chi connectivity index (χ0n) is 26.1. The van der Waals surface area contributed by atoms with E-state index in [1.54, 1.807) is 0 Å². The largest absolute Gasteiger partial charge is 0.481 e. The Hall–Kier alpha value is -3.48. The predicted octanol–water partition coefficient (Wildman–Crippen LogP) is 7.57. The number of carboxylic acids is 1. The van der Waals surface area contributed by atoms with Crippen molar-refractivity contribution in [2.75, 3.05) is 6.54 Å². The Kier molecular flexibility index (Phi) is 10.8. The number of hydrogen-bond acceptors (Lipinski definition) is 5. The maximum Gasteiger partial charge on any atom is 0.407 e. The Morgan fingerprint density at radius 1 is 0.930 bits per heavy atom. The summed E-state index contributed by atoms with van der Waals surface area (Å²) in [6.07, 6.45) is 7.14. The van der Waals surface area contributed by atoms with E-state index in [1.165, 1.54) is 6.42 Å². The molecule has 2 N–H and O–H groups in total. The van der Waals surface area contributed by atoms with E-state index >= 15 is 0 Å².